The Kier molecular flexibility index (Phi) is 7.21. The highest BCUT2D eigenvalue weighted by Gasteiger charge is 2.27. The van der Waals surface area contributed by atoms with E-state index in [0.717, 1.165) is 5.56 Å². The Morgan fingerprint density at radius 1 is 1.26 bits per heavy atom. The van der Waals surface area contributed by atoms with E-state index in [1.165, 1.54) is 35.4 Å². The smallest absolute Gasteiger partial charge is 0.311 e. The van der Waals surface area contributed by atoms with Crippen LogP contribution < -0.4 is 9.64 Å². The number of hydrogen-bond donors (Lipinski definition) is 0. The van der Waals surface area contributed by atoms with Gasteiger partial charge in [0, 0.05) is 37.6 Å². The van der Waals surface area contributed by atoms with Gasteiger partial charge in [0.05, 0.1) is 17.6 Å². The van der Waals surface area contributed by atoms with Gasteiger partial charge >= 0.3 is 5.69 Å². The number of nitrogens with zero attached hydrogens (tertiary/aromatic N) is 4. The Morgan fingerprint density at radius 2 is 2.03 bits per heavy atom. The van der Waals surface area contributed by atoms with E-state index in [-0.39, 0.29) is 35.8 Å². The zero-order valence-electron chi connectivity index (χ0n) is 19.4. The van der Waals surface area contributed by atoms with Crippen molar-refractivity contribution in [3.8, 4) is 11.5 Å². The van der Waals surface area contributed by atoms with Crippen LogP contribution in [0.3, 0.4) is 0 Å². The maximum atomic E-state index is 14.8. The number of ether oxygens (including phenoxy) is 2. The van der Waals surface area contributed by atoms with E-state index in [2.05, 4.69) is 4.98 Å². The SMILES string of the molecule is CCN1C(=O)COCC1Cc1ccc(Oc2ccc(N(C)c3ncccc3[N+](=O)[O-])cc2F)cc1. The zero-order chi connectivity index (χ0) is 24.9. The van der Waals surface area contributed by atoms with Crippen LogP contribution in [0.1, 0.15) is 12.5 Å². The summed E-state index contributed by atoms with van der Waals surface area (Å²) in [4.78, 5) is 30.1. The quantitative estimate of drug-likeness (QED) is 0.346. The van der Waals surface area contributed by atoms with Gasteiger partial charge in [-0.25, -0.2) is 9.37 Å². The number of anilines is 2. The molecule has 4 rings (SSSR count). The Hall–Kier alpha value is -4.05. The number of pyridine rings is 1. The highest BCUT2D eigenvalue weighted by Crippen LogP contribution is 2.33. The fourth-order valence-corrected chi connectivity index (χ4v) is 4.05. The van der Waals surface area contributed by atoms with Gasteiger partial charge in [-0.15, -0.1) is 0 Å². The number of halogens is 1. The number of nitro groups is 1. The fraction of sp³-hybridized carbons (Fsp3) is 0.280. The van der Waals surface area contributed by atoms with Crippen LogP contribution in [0, 0.1) is 15.9 Å². The number of rotatable bonds is 8. The summed E-state index contributed by atoms with van der Waals surface area (Å²) in [7, 11) is 1.58. The van der Waals surface area contributed by atoms with E-state index in [0.29, 0.717) is 31.0 Å². The molecule has 1 aliphatic heterocycles. The van der Waals surface area contributed by atoms with Gasteiger partial charge in [-0.3, -0.25) is 14.9 Å². The average Bonchev–Trinajstić information content (AvgIpc) is 2.86. The molecule has 0 saturated carbocycles. The maximum Gasteiger partial charge on any atom is 0.311 e. The average molecular weight is 480 g/mol. The number of likely N-dealkylation sites (N-methyl/N-ethyl adjacent to an activating group) is 1. The van der Waals surface area contributed by atoms with Crippen molar-refractivity contribution in [3.63, 3.8) is 0 Å². The van der Waals surface area contributed by atoms with Crippen LogP contribution >= 0.6 is 0 Å². The third-order valence-corrected chi connectivity index (χ3v) is 5.84. The molecule has 3 aromatic rings. The first-order valence-corrected chi connectivity index (χ1v) is 11.1. The molecule has 10 heteroatoms. The van der Waals surface area contributed by atoms with E-state index < -0.39 is 10.7 Å². The van der Waals surface area contributed by atoms with Gasteiger partial charge in [-0.1, -0.05) is 12.1 Å². The summed E-state index contributed by atoms with van der Waals surface area (Å²) in [5.74, 6) is -0.0430. The van der Waals surface area contributed by atoms with Crippen molar-refractivity contribution >= 4 is 23.1 Å². The van der Waals surface area contributed by atoms with Gasteiger partial charge in [0.15, 0.2) is 11.6 Å². The number of carbonyl (C=O) groups excluding carboxylic acids is 1. The van der Waals surface area contributed by atoms with Crippen LogP contribution in [-0.4, -0.2) is 53.6 Å². The number of aromatic nitrogens is 1. The molecule has 1 unspecified atom stereocenters. The van der Waals surface area contributed by atoms with Crippen molar-refractivity contribution in [3.05, 3.63) is 82.3 Å². The molecule has 1 atom stereocenters. The molecule has 1 saturated heterocycles. The van der Waals surface area contributed by atoms with Crippen LogP contribution in [0.25, 0.3) is 0 Å². The molecular weight excluding hydrogens is 455 g/mol. The summed E-state index contributed by atoms with van der Waals surface area (Å²) in [6.45, 7) is 3.19. The second-order valence-electron chi connectivity index (χ2n) is 8.08. The van der Waals surface area contributed by atoms with Crippen LogP contribution in [0.15, 0.2) is 60.8 Å². The van der Waals surface area contributed by atoms with Crippen LogP contribution in [0.4, 0.5) is 21.6 Å². The largest absolute Gasteiger partial charge is 0.454 e. The molecule has 1 fully saturated rings. The van der Waals surface area contributed by atoms with Gasteiger partial charge in [0.2, 0.25) is 11.7 Å². The van der Waals surface area contributed by atoms with Crippen molar-refractivity contribution in [1.82, 2.24) is 9.88 Å². The summed E-state index contributed by atoms with van der Waals surface area (Å²) in [5.41, 5.74) is 1.22. The molecule has 0 spiro atoms. The molecule has 1 aromatic heterocycles. The molecular formula is C25H25FN4O5. The molecule has 2 heterocycles. The van der Waals surface area contributed by atoms with Crippen molar-refractivity contribution in [2.24, 2.45) is 0 Å². The summed E-state index contributed by atoms with van der Waals surface area (Å²) in [6, 6.07) is 14.3. The number of amides is 1. The minimum Gasteiger partial charge on any atom is -0.454 e. The molecule has 0 N–H and O–H groups in total. The molecule has 9 nitrogen and oxygen atoms in total. The summed E-state index contributed by atoms with van der Waals surface area (Å²) in [6.07, 6.45) is 2.09. The van der Waals surface area contributed by atoms with E-state index in [4.69, 9.17) is 9.47 Å². The summed E-state index contributed by atoms with van der Waals surface area (Å²) < 4.78 is 25.9. The standard InChI is InChI=1S/C25H25FN4O5/c1-3-29-19(15-34-16-24(29)31)13-17-6-9-20(10-7-17)35-23-11-8-18(14-21(23)26)28(2)25-22(30(32)33)5-4-12-27-25/h4-12,14,19H,3,13,15-16H2,1-2H3. The number of benzene rings is 2. The van der Waals surface area contributed by atoms with Crippen molar-refractivity contribution in [1.29, 1.82) is 0 Å². The summed E-state index contributed by atoms with van der Waals surface area (Å²) in [5, 5.41) is 11.3. The van der Waals surface area contributed by atoms with Crippen molar-refractivity contribution in [2.75, 3.05) is 31.7 Å². The van der Waals surface area contributed by atoms with Crippen LogP contribution in [0.5, 0.6) is 11.5 Å². The van der Waals surface area contributed by atoms with Gasteiger partial charge in [0.1, 0.15) is 12.4 Å². The van der Waals surface area contributed by atoms with Crippen molar-refractivity contribution < 1.29 is 23.6 Å². The molecule has 35 heavy (non-hydrogen) atoms. The molecule has 1 amide bonds. The Labute approximate surface area is 201 Å². The lowest BCUT2D eigenvalue weighted by atomic mass is 10.0. The lowest BCUT2D eigenvalue weighted by Crippen LogP contribution is -2.50. The minimum atomic E-state index is -0.617. The number of carbonyl (C=O) groups is 1. The Morgan fingerprint density at radius 3 is 2.71 bits per heavy atom. The van der Waals surface area contributed by atoms with Gasteiger partial charge < -0.3 is 19.3 Å². The molecule has 0 aliphatic carbocycles. The summed E-state index contributed by atoms with van der Waals surface area (Å²) >= 11 is 0. The Bertz CT molecular complexity index is 1220. The highest BCUT2D eigenvalue weighted by atomic mass is 19.1. The van der Waals surface area contributed by atoms with Gasteiger partial charge in [-0.2, -0.15) is 0 Å². The molecule has 0 radical (unpaired) electrons. The third kappa shape index (κ3) is 5.38. The van der Waals surface area contributed by atoms with E-state index in [1.54, 1.807) is 25.2 Å². The fourth-order valence-electron chi connectivity index (χ4n) is 4.05. The van der Waals surface area contributed by atoms with E-state index in [1.807, 2.05) is 24.0 Å². The maximum absolute atomic E-state index is 14.8. The van der Waals surface area contributed by atoms with Gasteiger partial charge in [-0.05, 0) is 49.2 Å². The number of morpholine rings is 1. The predicted molar refractivity (Wildman–Crippen MR) is 128 cm³/mol. The zero-order valence-corrected chi connectivity index (χ0v) is 19.4. The normalized spacial score (nSPS) is 15.7. The van der Waals surface area contributed by atoms with Crippen LogP contribution in [0.2, 0.25) is 0 Å². The molecule has 0 bridgehead atoms. The number of hydrogen-bond acceptors (Lipinski definition) is 7. The van der Waals surface area contributed by atoms with E-state index in [9.17, 15) is 19.3 Å². The highest BCUT2D eigenvalue weighted by molar-refractivity contribution is 5.78. The first-order chi connectivity index (χ1) is 16.9. The van der Waals surface area contributed by atoms with E-state index >= 15 is 0 Å². The molecule has 1 aliphatic rings. The van der Waals surface area contributed by atoms with Crippen LogP contribution in [-0.2, 0) is 16.0 Å². The topological polar surface area (TPSA) is 98.0 Å². The predicted octanol–water partition coefficient (Wildman–Crippen LogP) is 4.48. The first-order valence-electron chi connectivity index (χ1n) is 11.1. The lowest BCUT2D eigenvalue weighted by molar-refractivity contribution is -0.384. The monoisotopic (exact) mass is 480 g/mol. The van der Waals surface area contributed by atoms with Gasteiger partial charge in [0.25, 0.3) is 0 Å². The second kappa shape index (κ2) is 10.5. The molecule has 2 aromatic carbocycles. The first kappa shape index (κ1) is 24.1. The Balaban J connectivity index is 1.45. The van der Waals surface area contributed by atoms with Crippen molar-refractivity contribution in [2.45, 2.75) is 19.4 Å². The lowest BCUT2D eigenvalue weighted by Gasteiger charge is -2.34. The minimum absolute atomic E-state index is 0.00841. The molecule has 182 valence electrons. The second-order valence-corrected chi connectivity index (χ2v) is 8.08. The third-order valence-electron chi connectivity index (χ3n) is 5.84.